The third-order valence-electron chi connectivity index (χ3n) is 2.99. The number of carbonyl (C=O) groups is 1. The summed E-state index contributed by atoms with van der Waals surface area (Å²) in [4.78, 5) is 13.1. The maximum Gasteiger partial charge on any atom is 0.251 e. The summed E-state index contributed by atoms with van der Waals surface area (Å²) in [5.41, 5.74) is 3.15. The van der Waals surface area contributed by atoms with Crippen molar-refractivity contribution in [2.24, 2.45) is 0 Å². The molecule has 104 valence electrons. The Balaban J connectivity index is 1.74. The van der Waals surface area contributed by atoms with Crippen LogP contribution in [0.5, 0.6) is 0 Å². The first-order chi connectivity index (χ1) is 9.65. The summed E-state index contributed by atoms with van der Waals surface area (Å²) in [5.74, 6) is 0.871. The standard InChI is InChI=1S/C17H19NOS/c1-13-3-7-15(8-4-13)17(19)18-11-12-20-16-9-5-14(2)6-10-16/h3-10H,11-12H2,1-2H3,(H,18,19). The van der Waals surface area contributed by atoms with Crippen molar-refractivity contribution >= 4 is 17.7 Å². The molecule has 0 fully saturated rings. The maximum absolute atomic E-state index is 11.9. The Bertz CT molecular complexity index is 561. The monoisotopic (exact) mass is 285 g/mol. The van der Waals surface area contributed by atoms with E-state index >= 15 is 0 Å². The SMILES string of the molecule is Cc1ccc(SCCNC(=O)c2ccc(C)cc2)cc1. The fourth-order valence-electron chi connectivity index (χ4n) is 1.77. The summed E-state index contributed by atoms with van der Waals surface area (Å²) >= 11 is 1.75. The smallest absolute Gasteiger partial charge is 0.251 e. The summed E-state index contributed by atoms with van der Waals surface area (Å²) in [6.45, 7) is 4.77. The summed E-state index contributed by atoms with van der Waals surface area (Å²) in [6.07, 6.45) is 0. The lowest BCUT2D eigenvalue weighted by Crippen LogP contribution is -2.25. The lowest BCUT2D eigenvalue weighted by Gasteiger charge is -2.06. The van der Waals surface area contributed by atoms with Crippen molar-refractivity contribution in [2.45, 2.75) is 18.7 Å². The molecule has 0 aliphatic rings. The van der Waals surface area contributed by atoms with Gasteiger partial charge in [-0.25, -0.2) is 0 Å². The van der Waals surface area contributed by atoms with E-state index in [9.17, 15) is 4.79 Å². The zero-order valence-electron chi connectivity index (χ0n) is 11.8. The molecular weight excluding hydrogens is 266 g/mol. The highest BCUT2D eigenvalue weighted by atomic mass is 32.2. The summed E-state index contributed by atoms with van der Waals surface area (Å²) in [6, 6.07) is 16.1. The van der Waals surface area contributed by atoms with E-state index in [1.54, 1.807) is 11.8 Å². The lowest BCUT2D eigenvalue weighted by atomic mass is 10.1. The number of carbonyl (C=O) groups excluding carboxylic acids is 1. The van der Waals surface area contributed by atoms with E-state index in [0.29, 0.717) is 6.54 Å². The zero-order chi connectivity index (χ0) is 14.4. The number of benzene rings is 2. The molecule has 3 heteroatoms. The molecule has 2 nitrogen and oxygen atoms in total. The average molecular weight is 285 g/mol. The van der Waals surface area contributed by atoms with Crippen molar-refractivity contribution in [3.05, 3.63) is 65.2 Å². The van der Waals surface area contributed by atoms with Crippen LogP contribution in [0.4, 0.5) is 0 Å². The van der Waals surface area contributed by atoms with E-state index in [2.05, 4.69) is 36.5 Å². The molecule has 0 spiro atoms. The van der Waals surface area contributed by atoms with E-state index in [-0.39, 0.29) is 5.91 Å². The lowest BCUT2D eigenvalue weighted by molar-refractivity contribution is 0.0956. The van der Waals surface area contributed by atoms with Crippen LogP contribution < -0.4 is 5.32 Å². The molecule has 2 aromatic carbocycles. The van der Waals surface area contributed by atoms with E-state index in [0.717, 1.165) is 16.9 Å². The summed E-state index contributed by atoms with van der Waals surface area (Å²) in [7, 11) is 0. The largest absolute Gasteiger partial charge is 0.351 e. The van der Waals surface area contributed by atoms with Crippen LogP contribution in [-0.4, -0.2) is 18.2 Å². The second kappa shape index (κ2) is 7.15. The van der Waals surface area contributed by atoms with Crippen molar-refractivity contribution in [3.63, 3.8) is 0 Å². The van der Waals surface area contributed by atoms with Crippen LogP contribution in [0, 0.1) is 13.8 Å². The van der Waals surface area contributed by atoms with Gasteiger partial charge in [0.15, 0.2) is 0 Å². The Morgan fingerprint density at radius 2 is 1.50 bits per heavy atom. The van der Waals surface area contributed by atoms with Gasteiger partial charge in [-0.15, -0.1) is 11.8 Å². The third kappa shape index (κ3) is 4.42. The predicted octanol–water partition coefficient (Wildman–Crippen LogP) is 3.83. The molecule has 20 heavy (non-hydrogen) atoms. The fourth-order valence-corrected chi connectivity index (χ4v) is 2.54. The molecule has 0 radical (unpaired) electrons. The van der Waals surface area contributed by atoms with Gasteiger partial charge in [0.1, 0.15) is 0 Å². The first-order valence-corrected chi connectivity index (χ1v) is 7.68. The Labute approximate surface area is 124 Å². The molecule has 0 saturated carbocycles. The second-order valence-electron chi connectivity index (χ2n) is 4.78. The van der Waals surface area contributed by atoms with Crippen LogP contribution in [0.2, 0.25) is 0 Å². The first kappa shape index (κ1) is 14.7. The van der Waals surface area contributed by atoms with Crippen molar-refractivity contribution in [1.29, 1.82) is 0 Å². The van der Waals surface area contributed by atoms with Gasteiger partial charge in [-0.3, -0.25) is 4.79 Å². The van der Waals surface area contributed by atoms with Crippen molar-refractivity contribution in [2.75, 3.05) is 12.3 Å². The van der Waals surface area contributed by atoms with Crippen molar-refractivity contribution in [3.8, 4) is 0 Å². The van der Waals surface area contributed by atoms with Gasteiger partial charge in [-0.2, -0.15) is 0 Å². The van der Waals surface area contributed by atoms with Gasteiger partial charge < -0.3 is 5.32 Å². The minimum Gasteiger partial charge on any atom is -0.351 e. The van der Waals surface area contributed by atoms with Gasteiger partial charge in [-0.05, 0) is 38.1 Å². The quantitative estimate of drug-likeness (QED) is 0.668. The second-order valence-corrected chi connectivity index (χ2v) is 5.95. The van der Waals surface area contributed by atoms with Gasteiger partial charge in [0, 0.05) is 22.8 Å². The van der Waals surface area contributed by atoms with Crippen molar-refractivity contribution < 1.29 is 4.79 Å². The average Bonchev–Trinajstić information content (AvgIpc) is 2.46. The molecule has 1 amide bonds. The molecule has 0 aromatic heterocycles. The van der Waals surface area contributed by atoms with E-state index in [1.807, 2.05) is 31.2 Å². The number of nitrogens with one attached hydrogen (secondary N) is 1. The Morgan fingerprint density at radius 3 is 2.10 bits per heavy atom. The fraction of sp³-hybridized carbons (Fsp3) is 0.235. The Hall–Kier alpha value is -1.74. The minimum atomic E-state index is -0.00509. The van der Waals surface area contributed by atoms with E-state index < -0.39 is 0 Å². The third-order valence-corrected chi connectivity index (χ3v) is 4.00. The highest BCUT2D eigenvalue weighted by Crippen LogP contribution is 2.17. The molecule has 0 heterocycles. The van der Waals surface area contributed by atoms with Gasteiger partial charge in [0.25, 0.3) is 5.91 Å². The van der Waals surface area contributed by atoms with Crippen LogP contribution >= 0.6 is 11.8 Å². The Kier molecular flexibility index (Phi) is 5.24. The van der Waals surface area contributed by atoms with Gasteiger partial charge in [0.2, 0.25) is 0 Å². The molecule has 0 aliphatic heterocycles. The molecule has 0 bridgehead atoms. The van der Waals surface area contributed by atoms with Gasteiger partial charge >= 0.3 is 0 Å². The van der Waals surface area contributed by atoms with Crippen LogP contribution in [0.1, 0.15) is 21.5 Å². The molecule has 2 rings (SSSR count). The van der Waals surface area contributed by atoms with Gasteiger partial charge in [-0.1, -0.05) is 35.4 Å². The minimum absolute atomic E-state index is 0.00509. The van der Waals surface area contributed by atoms with Crippen LogP contribution in [-0.2, 0) is 0 Å². The molecule has 0 aliphatic carbocycles. The number of hydrogen-bond donors (Lipinski definition) is 1. The molecule has 0 atom stereocenters. The number of aryl methyl sites for hydroxylation is 2. The summed E-state index contributed by atoms with van der Waals surface area (Å²) < 4.78 is 0. The zero-order valence-corrected chi connectivity index (χ0v) is 12.7. The number of amides is 1. The molecule has 1 N–H and O–H groups in total. The summed E-state index contributed by atoms with van der Waals surface area (Å²) in [5, 5.41) is 2.94. The Morgan fingerprint density at radius 1 is 0.950 bits per heavy atom. The number of rotatable bonds is 5. The highest BCUT2D eigenvalue weighted by molar-refractivity contribution is 7.99. The van der Waals surface area contributed by atoms with Crippen LogP contribution in [0.3, 0.4) is 0 Å². The predicted molar refractivity (Wildman–Crippen MR) is 85.4 cm³/mol. The van der Waals surface area contributed by atoms with E-state index in [1.165, 1.54) is 10.5 Å². The highest BCUT2D eigenvalue weighted by Gasteiger charge is 2.03. The normalized spacial score (nSPS) is 10.3. The van der Waals surface area contributed by atoms with Crippen LogP contribution in [0.25, 0.3) is 0 Å². The van der Waals surface area contributed by atoms with Crippen LogP contribution in [0.15, 0.2) is 53.4 Å². The molecule has 0 saturated heterocycles. The maximum atomic E-state index is 11.9. The molecule has 0 unspecified atom stereocenters. The van der Waals surface area contributed by atoms with E-state index in [4.69, 9.17) is 0 Å². The number of thioether (sulfide) groups is 1. The van der Waals surface area contributed by atoms with Gasteiger partial charge in [0.05, 0.1) is 0 Å². The molecular formula is C17H19NOS. The number of hydrogen-bond acceptors (Lipinski definition) is 2. The molecule has 2 aromatic rings. The van der Waals surface area contributed by atoms with Crippen molar-refractivity contribution in [1.82, 2.24) is 5.32 Å². The topological polar surface area (TPSA) is 29.1 Å². The first-order valence-electron chi connectivity index (χ1n) is 6.69.